The fourth-order valence-corrected chi connectivity index (χ4v) is 1.20. The highest BCUT2D eigenvalue weighted by Gasteiger charge is 2.28. The van der Waals surface area contributed by atoms with Crippen molar-refractivity contribution in [1.82, 2.24) is 0 Å². The summed E-state index contributed by atoms with van der Waals surface area (Å²) in [5.74, 6) is -1.07. The molecule has 0 aliphatic rings. The molecular weight excluding hydrogens is 166 g/mol. The van der Waals surface area contributed by atoms with E-state index in [-0.39, 0.29) is 0 Å². The number of quaternary nitrogens is 1. The Bertz CT molecular complexity index is 180. The molecule has 0 spiro atoms. The maximum absolute atomic E-state index is 9.82. The zero-order valence-corrected chi connectivity index (χ0v) is 9.42. The number of aliphatic hydroxyl groups is 1. The van der Waals surface area contributed by atoms with Crippen LogP contribution >= 0.6 is 0 Å². The molecule has 0 amide bonds. The molecular formula is C10H22NO2+. The van der Waals surface area contributed by atoms with Gasteiger partial charge in [0.05, 0.1) is 27.7 Å². The van der Waals surface area contributed by atoms with Crippen LogP contribution in [0.2, 0.25) is 0 Å². The second-order valence-corrected chi connectivity index (χ2v) is 4.87. The highest BCUT2D eigenvalue weighted by molar-refractivity contribution is 4.88. The molecule has 0 aromatic heterocycles. The molecule has 3 nitrogen and oxygen atoms in total. The van der Waals surface area contributed by atoms with Crippen LogP contribution in [0.1, 0.15) is 13.8 Å². The molecule has 0 aliphatic carbocycles. The molecule has 1 atom stereocenters. The predicted octanol–water partition coefficient (Wildman–Crippen LogP) is 0.994. The van der Waals surface area contributed by atoms with E-state index in [1.165, 1.54) is 0 Å². The topological polar surface area (TPSA) is 29.5 Å². The van der Waals surface area contributed by atoms with Crippen molar-refractivity contribution in [1.29, 1.82) is 0 Å². The van der Waals surface area contributed by atoms with Gasteiger partial charge in [-0.05, 0) is 13.8 Å². The van der Waals surface area contributed by atoms with E-state index in [9.17, 15) is 5.11 Å². The van der Waals surface area contributed by atoms with Crippen molar-refractivity contribution >= 4 is 0 Å². The van der Waals surface area contributed by atoms with Gasteiger partial charge in [-0.2, -0.15) is 0 Å². The van der Waals surface area contributed by atoms with Crippen LogP contribution < -0.4 is 0 Å². The van der Waals surface area contributed by atoms with Gasteiger partial charge in [-0.25, -0.2) is 0 Å². The first-order valence-electron chi connectivity index (χ1n) is 4.43. The molecule has 3 heteroatoms. The van der Waals surface area contributed by atoms with E-state index >= 15 is 0 Å². The predicted molar refractivity (Wildman–Crippen MR) is 54.3 cm³/mol. The normalized spacial score (nSPS) is 16.8. The molecule has 0 rings (SSSR count). The lowest BCUT2D eigenvalue weighted by Crippen LogP contribution is -2.49. The summed E-state index contributed by atoms with van der Waals surface area (Å²) in [4.78, 5) is 0. The zero-order valence-electron chi connectivity index (χ0n) is 9.42. The Hall–Kier alpha value is -0.380. The maximum Gasteiger partial charge on any atom is 0.213 e. The summed E-state index contributed by atoms with van der Waals surface area (Å²) in [6, 6.07) is 0. The second kappa shape index (κ2) is 4.22. The number of hydrogen-bond acceptors (Lipinski definition) is 2. The highest BCUT2D eigenvalue weighted by atomic mass is 16.6. The van der Waals surface area contributed by atoms with Crippen molar-refractivity contribution < 1.29 is 14.3 Å². The first-order valence-corrected chi connectivity index (χ1v) is 4.43. The van der Waals surface area contributed by atoms with E-state index < -0.39 is 5.79 Å². The lowest BCUT2D eigenvalue weighted by Gasteiger charge is -2.32. The summed E-state index contributed by atoms with van der Waals surface area (Å²) in [6.07, 6.45) is 0. The van der Waals surface area contributed by atoms with E-state index in [0.29, 0.717) is 17.6 Å². The minimum Gasteiger partial charge on any atom is -0.361 e. The van der Waals surface area contributed by atoms with E-state index in [4.69, 9.17) is 4.74 Å². The minimum atomic E-state index is -1.07. The van der Waals surface area contributed by atoms with Crippen molar-refractivity contribution in [2.24, 2.45) is 0 Å². The van der Waals surface area contributed by atoms with E-state index in [1.54, 1.807) is 6.92 Å². The summed E-state index contributed by atoms with van der Waals surface area (Å²) in [5, 5.41) is 9.82. The SMILES string of the molecule is C=C(C)COC(C)(O)C[N+](C)(C)C. The van der Waals surface area contributed by atoms with Crippen LogP contribution in [0.25, 0.3) is 0 Å². The Balaban J connectivity index is 4.01. The van der Waals surface area contributed by atoms with Gasteiger partial charge in [0.15, 0.2) is 0 Å². The molecule has 0 radical (unpaired) electrons. The van der Waals surface area contributed by atoms with Gasteiger partial charge in [0.25, 0.3) is 0 Å². The Morgan fingerprint density at radius 2 is 1.92 bits per heavy atom. The van der Waals surface area contributed by atoms with Crippen LogP contribution in [-0.4, -0.2) is 49.7 Å². The van der Waals surface area contributed by atoms with E-state index in [1.807, 2.05) is 28.1 Å². The molecule has 0 heterocycles. The number of rotatable bonds is 5. The van der Waals surface area contributed by atoms with Crippen molar-refractivity contribution in [2.45, 2.75) is 19.6 Å². The Kier molecular flexibility index (Phi) is 4.10. The van der Waals surface area contributed by atoms with Crippen LogP contribution in [0.15, 0.2) is 12.2 Å². The van der Waals surface area contributed by atoms with Gasteiger partial charge < -0.3 is 14.3 Å². The molecule has 78 valence electrons. The van der Waals surface area contributed by atoms with Gasteiger partial charge in [-0.3, -0.25) is 0 Å². The molecule has 1 N–H and O–H groups in total. The van der Waals surface area contributed by atoms with Crippen LogP contribution in [0, 0.1) is 0 Å². The monoisotopic (exact) mass is 188 g/mol. The third-order valence-electron chi connectivity index (χ3n) is 1.40. The van der Waals surface area contributed by atoms with E-state index in [2.05, 4.69) is 6.58 Å². The molecule has 0 bridgehead atoms. The van der Waals surface area contributed by atoms with Crippen LogP contribution in [0.3, 0.4) is 0 Å². The highest BCUT2D eigenvalue weighted by Crippen LogP contribution is 2.11. The van der Waals surface area contributed by atoms with Crippen molar-refractivity contribution in [3.8, 4) is 0 Å². The zero-order chi connectivity index (χ0) is 10.7. The summed E-state index contributed by atoms with van der Waals surface area (Å²) >= 11 is 0. The van der Waals surface area contributed by atoms with Gasteiger partial charge >= 0.3 is 0 Å². The van der Waals surface area contributed by atoms with Gasteiger partial charge in [0, 0.05) is 0 Å². The first-order chi connectivity index (χ1) is 5.62. The fraction of sp³-hybridized carbons (Fsp3) is 0.800. The fourth-order valence-electron chi connectivity index (χ4n) is 1.20. The third-order valence-corrected chi connectivity index (χ3v) is 1.40. The maximum atomic E-state index is 9.82. The summed E-state index contributed by atoms with van der Waals surface area (Å²) in [6.45, 7) is 8.24. The molecule has 0 aliphatic heterocycles. The number of likely N-dealkylation sites (N-methyl/N-ethyl adjacent to an activating group) is 1. The van der Waals surface area contributed by atoms with Gasteiger partial charge in [-0.15, -0.1) is 0 Å². The number of ether oxygens (including phenoxy) is 1. The largest absolute Gasteiger partial charge is 0.361 e. The van der Waals surface area contributed by atoms with Crippen molar-refractivity contribution in [3.63, 3.8) is 0 Å². The van der Waals surface area contributed by atoms with E-state index in [0.717, 1.165) is 5.57 Å². The summed E-state index contributed by atoms with van der Waals surface area (Å²) < 4.78 is 5.98. The Morgan fingerprint density at radius 1 is 1.46 bits per heavy atom. The van der Waals surface area contributed by atoms with Crippen LogP contribution in [0.5, 0.6) is 0 Å². The van der Waals surface area contributed by atoms with Crippen molar-refractivity contribution in [3.05, 3.63) is 12.2 Å². The van der Waals surface area contributed by atoms with Gasteiger partial charge in [0.2, 0.25) is 5.79 Å². The molecule has 0 fully saturated rings. The molecule has 0 saturated heterocycles. The standard InChI is InChI=1S/C10H22NO2/c1-9(2)7-13-10(3,12)8-11(4,5)6/h12H,1,7-8H2,2-6H3/q+1. The van der Waals surface area contributed by atoms with Crippen LogP contribution in [-0.2, 0) is 4.74 Å². The van der Waals surface area contributed by atoms with Gasteiger partial charge in [0.1, 0.15) is 6.54 Å². The molecule has 0 aromatic rings. The number of nitrogens with zero attached hydrogens (tertiary/aromatic N) is 1. The smallest absolute Gasteiger partial charge is 0.213 e. The molecule has 0 aromatic carbocycles. The van der Waals surface area contributed by atoms with Crippen LogP contribution in [0.4, 0.5) is 0 Å². The lowest BCUT2D eigenvalue weighted by atomic mass is 10.3. The lowest BCUT2D eigenvalue weighted by molar-refractivity contribution is -0.880. The quantitative estimate of drug-likeness (QED) is 0.396. The van der Waals surface area contributed by atoms with Gasteiger partial charge in [-0.1, -0.05) is 12.2 Å². The number of hydrogen-bond donors (Lipinski definition) is 1. The Labute approximate surface area is 81.2 Å². The molecule has 0 saturated carbocycles. The summed E-state index contributed by atoms with van der Waals surface area (Å²) in [7, 11) is 6.04. The van der Waals surface area contributed by atoms with Crippen molar-refractivity contribution in [2.75, 3.05) is 34.3 Å². The molecule has 13 heavy (non-hydrogen) atoms. The average Bonchev–Trinajstić information content (AvgIpc) is 1.78. The summed E-state index contributed by atoms with van der Waals surface area (Å²) in [5.41, 5.74) is 0.918. The molecule has 1 unspecified atom stereocenters. The second-order valence-electron chi connectivity index (χ2n) is 4.87. The third kappa shape index (κ3) is 7.96. The first kappa shape index (κ1) is 12.6. The average molecular weight is 188 g/mol. The Morgan fingerprint density at radius 3 is 2.23 bits per heavy atom. The minimum absolute atomic E-state index is 0.410.